The number of aliphatic imine (C=N–C) groups is 1. The third kappa shape index (κ3) is 4.18. The van der Waals surface area contributed by atoms with E-state index in [1.807, 2.05) is 13.0 Å². The summed E-state index contributed by atoms with van der Waals surface area (Å²) in [4.78, 5) is 15.3. The third-order valence-corrected chi connectivity index (χ3v) is 5.92. The lowest BCUT2D eigenvalue weighted by atomic mass is 10.0. The summed E-state index contributed by atoms with van der Waals surface area (Å²) >= 11 is 0. The highest BCUT2D eigenvalue weighted by Gasteiger charge is 2.27. The number of imidazole rings is 1. The zero-order chi connectivity index (χ0) is 21.5. The second-order valence-corrected chi connectivity index (χ2v) is 8.49. The number of rotatable bonds is 5. The molecule has 0 aromatic carbocycles. The second-order valence-electron chi connectivity index (χ2n) is 8.49. The van der Waals surface area contributed by atoms with Crippen molar-refractivity contribution in [3.63, 3.8) is 0 Å². The number of pyridine rings is 2. The minimum Gasteiger partial charge on any atom is -0.397 e. The Morgan fingerprint density at radius 1 is 1.16 bits per heavy atom. The number of halogens is 1. The van der Waals surface area contributed by atoms with Crippen LogP contribution < -0.4 is 21.7 Å². The number of nitrogens with zero attached hydrogens (tertiary/aromatic N) is 5. The molecule has 2 fully saturated rings. The molecule has 3 aromatic rings. The molecule has 1 aliphatic carbocycles. The van der Waals surface area contributed by atoms with Crippen molar-refractivity contribution in [2.24, 2.45) is 10.7 Å². The minimum absolute atomic E-state index is 0.145. The lowest BCUT2D eigenvalue weighted by Gasteiger charge is -2.34. The standard InChI is InChI=1S/C22H27FN8/c1-13-11-31-12-16(8-18(23)22(31)27-13)29-21(25)20-19(24)9-17(10-26-20)30-6-4-15(5-7-30)28-14-2-3-14/h8-12,14-15,28H,2-7,24H2,1H3,(H2,25,29). The van der Waals surface area contributed by atoms with Crippen molar-refractivity contribution >= 4 is 28.5 Å². The van der Waals surface area contributed by atoms with Crippen LogP contribution in [0, 0.1) is 12.7 Å². The van der Waals surface area contributed by atoms with Crippen LogP contribution in [0.1, 0.15) is 37.1 Å². The van der Waals surface area contributed by atoms with Crippen LogP contribution in [0.4, 0.5) is 21.5 Å². The number of hydrogen-bond donors (Lipinski definition) is 3. The molecule has 0 unspecified atom stereocenters. The van der Waals surface area contributed by atoms with E-state index >= 15 is 0 Å². The molecule has 0 bridgehead atoms. The van der Waals surface area contributed by atoms with E-state index in [9.17, 15) is 4.39 Å². The quantitative estimate of drug-likeness (QED) is 0.431. The van der Waals surface area contributed by atoms with Gasteiger partial charge in [-0.2, -0.15) is 0 Å². The van der Waals surface area contributed by atoms with Gasteiger partial charge in [-0.15, -0.1) is 0 Å². The molecule has 1 aliphatic heterocycles. The molecule has 5 rings (SSSR count). The van der Waals surface area contributed by atoms with Crippen LogP contribution in [0.2, 0.25) is 0 Å². The lowest BCUT2D eigenvalue weighted by Crippen LogP contribution is -2.43. The molecule has 8 nitrogen and oxygen atoms in total. The first-order chi connectivity index (χ1) is 15.0. The fourth-order valence-electron chi connectivity index (χ4n) is 4.16. The van der Waals surface area contributed by atoms with E-state index in [0.717, 1.165) is 43.4 Å². The van der Waals surface area contributed by atoms with Gasteiger partial charge in [-0.25, -0.2) is 19.4 Å². The lowest BCUT2D eigenvalue weighted by molar-refractivity contribution is 0.413. The first-order valence-electron chi connectivity index (χ1n) is 10.7. The molecule has 0 amide bonds. The van der Waals surface area contributed by atoms with Crippen molar-refractivity contribution in [3.8, 4) is 0 Å². The number of piperidine rings is 1. The van der Waals surface area contributed by atoms with Crippen LogP contribution in [0.5, 0.6) is 0 Å². The highest BCUT2D eigenvalue weighted by Crippen LogP contribution is 2.26. The van der Waals surface area contributed by atoms with E-state index in [1.165, 1.54) is 18.9 Å². The van der Waals surface area contributed by atoms with E-state index in [4.69, 9.17) is 11.5 Å². The van der Waals surface area contributed by atoms with Gasteiger partial charge >= 0.3 is 0 Å². The number of aromatic nitrogens is 3. The van der Waals surface area contributed by atoms with Gasteiger partial charge < -0.3 is 26.1 Å². The molecular weight excluding hydrogens is 395 g/mol. The van der Waals surface area contributed by atoms with Crippen molar-refractivity contribution in [3.05, 3.63) is 47.9 Å². The van der Waals surface area contributed by atoms with E-state index < -0.39 is 5.82 Å². The molecule has 3 aromatic heterocycles. The normalized spacial score (nSPS) is 18.1. The topological polar surface area (TPSA) is 110 Å². The molecule has 31 heavy (non-hydrogen) atoms. The van der Waals surface area contributed by atoms with Gasteiger partial charge in [-0.3, -0.25) is 0 Å². The van der Waals surface area contributed by atoms with E-state index in [0.29, 0.717) is 23.1 Å². The SMILES string of the molecule is Cc1cn2cc(N=C(N)c3ncc(N4CCC(NC5CC5)CC4)cc3N)cc(F)c2n1. The predicted molar refractivity (Wildman–Crippen MR) is 120 cm³/mol. The zero-order valence-corrected chi connectivity index (χ0v) is 17.6. The molecule has 5 N–H and O–H groups in total. The van der Waals surface area contributed by atoms with Gasteiger partial charge in [0.25, 0.3) is 0 Å². The van der Waals surface area contributed by atoms with Gasteiger partial charge in [0, 0.05) is 43.6 Å². The third-order valence-electron chi connectivity index (χ3n) is 5.92. The Morgan fingerprint density at radius 3 is 2.61 bits per heavy atom. The molecule has 0 atom stereocenters. The van der Waals surface area contributed by atoms with Crippen LogP contribution in [-0.4, -0.2) is 45.4 Å². The average Bonchev–Trinajstić information content (AvgIpc) is 3.47. The Kier molecular flexibility index (Phi) is 4.97. The Labute approximate surface area is 180 Å². The molecular formula is C22H27FN8. The van der Waals surface area contributed by atoms with Crippen molar-refractivity contribution in [2.75, 3.05) is 23.7 Å². The van der Waals surface area contributed by atoms with Crippen LogP contribution in [0.15, 0.2) is 35.7 Å². The first kappa shape index (κ1) is 19.7. The van der Waals surface area contributed by atoms with E-state index in [-0.39, 0.29) is 11.5 Å². The van der Waals surface area contributed by atoms with Gasteiger partial charge in [0.15, 0.2) is 17.3 Å². The second kappa shape index (κ2) is 7.81. The van der Waals surface area contributed by atoms with Crippen molar-refractivity contribution < 1.29 is 4.39 Å². The highest BCUT2D eigenvalue weighted by atomic mass is 19.1. The minimum atomic E-state index is -0.460. The van der Waals surface area contributed by atoms with Crippen LogP contribution in [-0.2, 0) is 0 Å². The van der Waals surface area contributed by atoms with Crippen LogP contribution in [0.3, 0.4) is 0 Å². The van der Waals surface area contributed by atoms with Crippen LogP contribution >= 0.6 is 0 Å². The fourth-order valence-corrected chi connectivity index (χ4v) is 4.16. The Hall–Kier alpha value is -3.20. The number of nitrogen functional groups attached to an aromatic ring is 1. The Bertz CT molecular complexity index is 1140. The van der Waals surface area contributed by atoms with Gasteiger partial charge in [-0.05, 0) is 38.7 Å². The summed E-state index contributed by atoms with van der Waals surface area (Å²) in [7, 11) is 0. The highest BCUT2D eigenvalue weighted by molar-refractivity contribution is 6.01. The number of fused-ring (bicyclic) bond motifs is 1. The number of nitrogens with one attached hydrogen (secondary N) is 1. The van der Waals surface area contributed by atoms with E-state index in [2.05, 4.69) is 25.2 Å². The van der Waals surface area contributed by atoms with Crippen molar-refractivity contribution in [2.45, 2.75) is 44.7 Å². The molecule has 1 saturated carbocycles. The largest absolute Gasteiger partial charge is 0.397 e. The summed E-state index contributed by atoms with van der Waals surface area (Å²) in [6, 6.07) is 4.54. The maximum atomic E-state index is 14.3. The van der Waals surface area contributed by atoms with Gasteiger partial charge in [0.05, 0.1) is 29.0 Å². The number of hydrogen-bond acceptors (Lipinski definition) is 6. The molecule has 4 heterocycles. The smallest absolute Gasteiger partial charge is 0.173 e. The molecule has 2 aliphatic rings. The molecule has 0 spiro atoms. The molecule has 0 radical (unpaired) electrons. The maximum absolute atomic E-state index is 14.3. The summed E-state index contributed by atoms with van der Waals surface area (Å²) in [6.07, 6.45) is 10.0. The number of nitrogens with two attached hydrogens (primary N) is 2. The maximum Gasteiger partial charge on any atom is 0.173 e. The predicted octanol–water partition coefficient (Wildman–Crippen LogP) is 2.52. The van der Waals surface area contributed by atoms with Crippen LogP contribution in [0.25, 0.3) is 5.65 Å². The first-order valence-corrected chi connectivity index (χ1v) is 10.7. The summed E-state index contributed by atoms with van der Waals surface area (Å²) in [5.41, 5.74) is 15.6. The molecule has 1 saturated heterocycles. The Balaban J connectivity index is 1.32. The van der Waals surface area contributed by atoms with Gasteiger partial charge in [0.2, 0.25) is 0 Å². The summed E-state index contributed by atoms with van der Waals surface area (Å²) in [5.74, 6) is -0.315. The number of anilines is 2. The number of amidine groups is 1. The van der Waals surface area contributed by atoms with Crippen molar-refractivity contribution in [1.82, 2.24) is 19.7 Å². The Morgan fingerprint density at radius 2 is 1.90 bits per heavy atom. The zero-order valence-electron chi connectivity index (χ0n) is 17.6. The van der Waals surface area contributed by atoms with Gasteiger partial charge in [-0.1, -0.05) is 0 Å². The monoisotopic (exact) mass is 422 g/mol. The summed E-state index contributed by atoms with van der Waals surface area (Å²) < 4.78 is 15.9. The summed E-state index contributed by atoms with van der Waals surface area (Å²) in [5, 5.41) is 3.71. The van der Waals surface area contributed by atoms with E-state index in [1.54, 1.807) is 23.0 Å². The number of aryl methyl sites for hydroxylation is 1. The summed E-state index contributed by atoms with van der Waals surface area (Å²) in [6.45, 7) is 3.75. The molecule has 9 heteroatoms. The fraction of sp³-hybridized carbons (Fsp3) is 0.409. The van der Waals surface area contributed by atoms with Crippen molar-refractivity contribution in [1.29, 1.82) is 0 Å². The van der Waals surface area contributed by atoms with Gasteiger partial charge in [0.1, 0.15) is 5.69 Å². The average molecular weight is 423 g/mol. The molecule has 162 valence electrons.